The maximum Gasteiger partial charge on any atom is 0.230 e. The summed E-state index contributed by atoms with van der Waals surface area (Å²) in [4.78, 5) is 12.9. The first-order valence-electron chi connectivity index (χ1n) is 6.19. The van der Waals surface area contributed by atoms with Crippen LogP contribution in [-0.2, 0) is 4.79 Å². The molecular formula is C14H21NO2S2. The second-order valence-corrected chi connectivity index (χ2v) is 6.54. The number of hydrogen-bond donors (Lipinski definition) is 2. The molecule has 1 aromatic carbocycles. The Morgan fingerprint density at radius 2 is 2.00 bits per heavy atom. The lowest BCUT2D eigenvalue weighted by Crippen LogP contribution is -2.42. The number of aryl methyl sites for hydroxylation is 1. The molecule has 3 nitrogen and oxygen atoms in total. The van der Waals surface area contributed by atoms with Crippen molar-refractivity contribution in [1.29, 1.82) is 0 Å². The monoisotopic (exact) mass is 299 g/mol. The van der Waals surface area contributed by atoms with Crippen LogP contribution in [0.3, 0.4) is 0 Å². The van der Waals surface area contributed by atoms with Gasteiger partial charge in [0.1, 0.15) is 0 Å². The molecule has 0 aliphatic carbocycles. The molecule has 0 bridgehead atoms. The summed E-state index contributed by atoms with van der Waals surface area (Å²) in [5.74, 6) is 0.408. The number of amides is 1. The number of carbonyl (C=O) groups excluding carboxylic acids is 1. The minimum atomic E-state index is -0.0221. The molecule has 0 radical (unpaired) electrons. The van der Waals surface area contributed by atoms with Crippen molar-refractivity contribution in [1.82, 2.24) is 5.32 Å². The molecule has 0 saturated carbocycles. The fourth-order valence-corrected chi connectivity index (χ4v) is 2.94. The zero-order valence-electron chi connectivity index (χ0n) is 11.6. The minimum Gasteiger partial charge on any atom is -0.395 e. The number of nitrogens with one attached hydrogen (secondary N) is 1. The molecule has 1 rings (SSSR count). The van der Waals surface area contributed by atoms with Gasteiger partial charge >= 0.3 is 0 Å². The first kappa shape index (κ1) is 16.4. The minimum absolute atomic E-state index is 0.00516. The number of thioether (sulfide) groups is 2. The van der Waals surface area contributed by atoms with Crippen molar-refractivity contribution in [2.24, 2.45) is 0 Å². The molecule has 2 unspecified atom stereocenters. The molecule has 19 heavy (non-hydrogen) atoms. The van der Waals surface area contributed by atoms with Crippen molar-refractivity contribution in [3.05, 3.63) is 29.8 Å². The summed E-state index contributed by atoms with van der Waals surface area (Å²) in [6.07, 6.45) is 1.94. The zero-order valence-corrected chi connectivity index (χ0v) is 13.2. The van der Waals surface area contributed by atoms with Crippen LogP contribution in [-0.4, -0.2) is 40.9 Å². The zero-order chi connectivity index (χ0) is 14.3. The number of aliphatic hydroxyl groups is 1. The van der Waals surface area contributed by atoms with E-state index >= 15 is 0 Å². The Morgan fingerprint density at radius 1 is 1.37 bits per heavy atom. The second-order valence-electron chi connectivity index (χ2n) is 4.41. The SMILES string of the molecule is CSC(CO)C(C)NC(=O)CSc1ccc(C)cc1. The first-order chi connectivity index (χ1) is 9.06. The highest BCUT2D eigenvalue weighted by Gasteiger charge is 2.17. The van der Waals surface area contributed by atoms with E-state index < -0.39 is 0 Å². The summed E-state index contributed by atoms with van der Waals surface area (Å²) >= 11 is 3.09. The summed E-state index contributed by atoms with van der Waals surface area (Å²) in [6, 6.07) is 8.10. The van der Waals surface area contributed by atoms with Crippen LogP contribution in [0.15, 0.2) is 29.2 Å². The van der Waals surface area contributed by atoms with Gasteiger partial charge in [-0.25, -0.2) is 0 Å². The number of hydrogen-bond acceptors (Lipinski definition) is 4. The van der Waals surface area contributed by atoms with E-state index in [1.807, 2.05) is 44.4 Å². The summed E-state index contributed by atoms with van der Waals surface area (Å²) in [5, 5.41) is 12.1. The van der Waals surface area contributed by atoms with E-state index in [0.717, 1.165) is 4.90 Å². The summed E-state index contributed by atoms with van der Waals surface area (Å²) in [7, 11) is 0. The van der Waals surface area contributed by atoms with E-state index in [1.54, 1.807) is 11.8 Å². The van der Waals surface area contributed by atoms with Gasteiger partial charge in [-0.2, -0.15) is 11.8 Å². The summed E-state index contributed by atoms with van der Waals surface area (Å²) in [6.45, 7) is 4.04. The van der Waals surface area contributed by atoms with Gasteiger partial charge in [-0.1, -0.05) is 17.7 Å². The van der Waals surface area contributed by atoms with Crippen molar-refractivity contribution < 1.29 is 9.90 Å². The molecule has 0 spiro atoms. The maximum atomic E-state index is 11.8. The number of carbonyl (C=O) groups is 1. The highest BCUT2D eigenvalue weighted by atomic mass is 32.2. The molecule has 0 aromatic heterocycles. The van der Waals surface area contributed by atoms with Crippen molar-refractivity contribution in [3.63, 3.8) is 0 Å². The Labute approximate surface area is 123 Å². The Bertz CT molecular complexity index is 391. The average Bonchev–Trinajstić information content (AvgIpc) is 2.39. The van der Waals surface area contributed by atoms with Crippen molar-refractivity contribution in [3.8, 4) is 0 Å². The highest BCUT2D eigenvalue weighted by molar-refractivity contribution is 8.00. The molecule has 1 amide bonds. The number of benzene rings is 1. The largest absolute Gasteiger partial charge is 0.395 e. The van der Waals surface area contributed by atoms with Crippen LogP contribution in [0.5, 0.6) is 0 Å². The van der Waals surface area contributed by atoms with Gasteiger partial charge in [0.25, 0.3) is 0 Å². The molecule has 0 aliphatic heterocycles. The molecule has 0 aliphatic rings. The summed E-state index contributed by atoms with van der Waals surface area (Å²) in [5.41, 5.74) is 1.22. The Balaban J connectivity index is 2.37. The van der Waals surface area contributed by atoms with Gasteiger partial charge in [-0.05, 0) is 32.2 Å². The van der Waals surface area contributed by atoms with Crippen LogP contribution >= 0.6 is 23.5 Å². The van der Waals surface area contributed by atoms with E-state index in [-0.39, 0.29) is 23.8 Å². The first-order valence-corrected chi connectivity index (χ1v) is 8.46. The lowest BCUT2D eigenvalue weighted by molar-refractivity contribution is -0.119. The topological polar surface area (TPSA) is 49.3 Å². The molecule has 2 N–H and O–H groups in total. The van der Waals surface area contributed by atoms with Crippen LogP contribution < -0.4 is 5.32 Å². The lowest BCUT2D eigenvalue weighted by Gasteiger charge is -2.21. The third-order valence-electron chi connectivity index (χ3n) is 2.82. The van der Waals surface area contributed by atoms with Crippen LogP contribution in [0, 0.1) is 6.92 Å². The average molecular weight is 299 g/mol. The van der Waals surface area contributed by atoms with E-state index in [0.29, 0.717) is 5.75 Å². The predicted molar refractivity (Wildman–Crippen MR) is 83.9 cm³/mol. The van der Waals surface area contributed by atoms with Gasteiger partial charge < -0.3 is 10.4 Å². The Kier molecular flexibility index (Phi) is 7.34. The number of rotatable bonds is 7. The molecule has 0 fully saturated rings. The molecule has 2 atom stereocenters. The maximum absolute atomic E-state index is 11.8. The highest BCUT2D eigenvalue weighted by Crippen LogP contribution is 2.18. The van der Waals surface area contributed by atoms with Gasteiger partial charge in [-0.3, -0.25) is 4.79 Å². The van der Waals surface area contributed by atoms with Gasteiger partial charge in [0.05, 0.1) is 12.4 Å². The molecule has 106 valence electrons. The lowest BCUT2D eigenvalue weighted by atomic mass is 10.2. The quantitative estimate of drug-likeness (QED) is 0.759. The molecular weight excluding hydrogens is 278 g/mol. The van der Waals surface area contributed by atoms with Crippen LogP contribution in [0.4, 0.5) is 0 Å². The van der Waals surface area contributed by atoms with Crippen LogP contribution in [0.1, 0.15) is 12.5 Å². The van der Waals surface area contributed by atoms with Crippen LogP contribution in [0.25, 0.3) is 0 Å². The van der Waals surface area contributed by atoms with Crippen molar-refractivity contribution >= 4 is 29.4 Å². The smallest absolute Gasteiger partial charge is 0.230 e. The van der Waals surface area contributed by atoms with Gasteiger partial charge in [0, 0.05) is 16.2 Å². The standard InChI is InChI=1S/C14H21NO2S2/c1-10-4-6-12(7-5-10)19-9-14(17)15-11(2)13(8-16)18-3/h4-7,11,13,16H,8-9H2,1-3H3,(H,15,17). The summed E-state index contributed by atoms with van der Waals surface area (Å²) < 4.78 is 0. The molecule has 0 heterocycles. The van der Waals surface area contributed by atoms with Crippen molar-refractivity contribution in [2.45, 2.75) is 30.0 Å². The molecule has 5 heteroatoms. The van der Waals surface area contributed by atoms with Gasteiger partial charge in [0.2, 0.25) is 5.91 Å². The van der Waals surface area contributed by atoms with E-state index in [4.69, 9.17) is 5.11 Å². The predicted octanol–water partition coefficient (Wildman–Crippen LogP) is 2.32. The van der Waals surface area contributed by atoms with Crippen molar-refractivity contribution in [2.75, 3.05) is 18.6 Å². The Morgan fingerprint density at radius 3 is 2.53 bits per heavy atom. The molecule has 0 saturated heterocycles. The fraction of sp³-hybridized carbons (Fsp3) is 0.500. The third-order valence-corrected chi connectivity index (χ3v) is 4.99. The molecule has 1 aromatic rings. The van der Waals surface area contributed by atoms with Gasteiger partial charge in [-0.15, -0.1) is 11.8 Å². The van der Waals surface area contributed by atoms with E-state index in [9.17, 15) is 4.79 Å². The third kappa shape index (κ3) is 5.89. The van der Waals surface area contributed by atoms with Gasteiger partial charge in [0.15, 0.2) is 0 Å². The van der Waals surface area contributed by atoms with Crippen LogP contribution in [0.2, 0.25) is 0 Å². The number of aliphatic hydroxyl groups excluding tert-OH is 1. The van der Waals surface area contributed by atoms with E-state index in [1.165, 1.54) is 17.3 Å². The second kappa shape index (κ2) is 8.51. The van der Waals surface area contributed by atoms with E-state index in [2.05, 4.69) is 5.32 Å². The normalized spacial score (nSPS) is 13.9. The Hall–Kier alpha value is -0.650. The fourth-order valence-electron chi connectivity index (χ4n) is 1.61.